The highest BCUT2D eigenvalue weighted by atomic mass is 35.5. The van der Waals surface area contributed by atoms with Crippen molar-refractivity contribution in [1.82, 2.24) is 4.90 Å². The first kappa shape index (κ1) is 27.8. The second-order valence-corrected chi connectivity index (χ2v) is 9.34. The zero-order valence-corrected chi connectivity index (χ0v) is 22.0. The van der Waals surface area contributed by atoms with Gasteiger partial charge in [-0.05, 0) is 48.2 Å². The molecule has 0 N–H and O–H groups in total. The van der Waals surface area contributed by atoms with Gasteiger partial charge >= 0.3 is 11.9 Å². The Kier molecular flexibility index (Phi) is 9.89. The van der Waals surface area contributed by atoms with Gasteiger partial charge in [0.2, 0.25) is 0 Å². The van der Waals surface area contributed by atoms with Gasteiger partial charge in [-0.2, -0.15) is 0 Å². The third-order valence-electron chi connectivity index (χ3n) is 6.45. The molecule has 2 heterocycles. The highest BCUT2D eigenvalue weighted by Gasteiger charge is 2.32. The van der Waals surface area contributed by atoms with Gasteiger partial charge in [-0.1, -0.05) is 35.9 Å². The Morgan fingerprint density at radius 3 is 2.58 bits per heavy atom. The fraction of sp³-hybridized carbons (Fsp3) is 0.393. The van der Waals surface area contributed by atoms with E-state index in [4.69, 9.17) is 30.5 Å². The summed E-state index contributed by atoms with van der Waals surface area (Å²) >= 11 is 6.09. The summed E-state index contributed by atoms with van der Waals surface area (Å²) in [5, 5.41) is 0.333. The molecule has 2 aromatic rings. The molecule has 10 heteroatoms. The lowest BCUT2D eigenvalue weighted by Gasteiger charge is -2.29. The average molecular weight is 543 g/mol. The molecule has 2 saturated heterocycles. The summed E-state index contributed by atoms with van der Waals surface area (Å²) in [5.41, 5.74) is 2.00. The zero-order valence-electron chi connectivity index (χ0n) is 21.3. The van der Waals surface area contributed by atoms with Crippen molar-refractivity contribution in [1.29, 1.82) is 0 Å². The van der Waals surface area contributed by atoms with Crippen LogP contribution in [0.1, 0.15) is 17.5 Å². The predicted octanol–water partition coefficient (Wildman–Crippen LogP) is 3.09. The van der Waals surface area contributed by atoms with Gasteiger partial charge in [-0.3, -0.25) is 4.79 Å². The number of ether oxygens (including phenoxy) is 4. The Morgan fingerprint density at radius 2 is 1.84 bits per heavy atom. The van der Waals surface area contributed by atoms with Crippen LogP contribution in [0.4, 0.5) is 5.69 Å². The van der Waals surface area contributed by atoms with Crippen LogP contribution in [0.15, 0.2) is 54.1 Å². The molecular formula is C28H31ClN2O7. The summed E-state index contributed by atoms with van der Waals surface area (Å²) in [7, 11) is 1.13. The van der Waals surface area contributed by atoms with E-state index in [9.17, 15) is 14.4 Å². The number of carbonyl (C=O) groups is 3. The third-order valence-corrected chi connectivity index (χ3v) is 6.69. The number of carbonyl (C=O) groups excluding carboxylic acids is 3. The minimum Gasteiger partial charge on any atom is -0.465 e. The number of morpholine rings is 1. The summed E-state index contributed by atoms with van der Waals surface area (Å²) in [5.74, 6) is -1.83. The van der Waals surface area contributed by atoms with Crippen LogP contribution in [0.5, 0.6) is 0 Å². The van der Waals surface area contributed by atoms with Crippen LogP contribution in [-0.2, 0) is 39.8 Å². The van der Waals surface area contributed by atoms with E-state index in [0.717, 1.165) is 46.3 Å². The fourth-order valence-electron chi connectivity index (χ4n) is 4.52. The molecule has 0 spiro atoms. The Hall–Kier alpha value is -3.24. The van der Waals surface area contributed by atoms with Crippen LogP contribution in [0, 0.1) is 0 Å². The molecule has 0 bridgehead atoms. The number of nitrogens with zero attached hydrogens (tertiary/aromatic N) is 2. The number of aryl methyl sites for hydroxylation is 1. The molecule has 38 heavy (non-hydrogen) atoms. The summed E-state index contributed by atoms with van der Waals surface area (Å²) < 4.78 is 21.4. The molecule has 2 aliphatic heterocycles. The predicted molar refractivity (Wildman–Crippen MR) is 142 cm³/mol. The van der Waals surface area contributed by atoms with Crippen LogP contribution in [0.2, 0.25) is 5.02 Å². The average Bonchev–Trinajstić information content (AvgIpc) is 3.38. The molecule has 0 saturated carbocycles. The van der Waals surface area contributed by atoms with E-state index in [-0.39, 0.29) is 17.4 Å². The van der Waals surface area contributed by atoms with E-state index in [1.54, 1.807) is 18.2 Å². The van der Waals surface area contributed by atoms with Crippen LogP contribution in [-0.4, -0.2) is 82.6 Å². The highest BCUT2D eigenvalue weighted by molar-refractivity contribution is 6.32. The first-order valence-electron chi connectivity index (χ1n) is 12.5. The minimum absolute atomic E-state index is 0.232. The maximum Gasteiger partial charge on any atom is 0.343 e. The number of rotatable bonds is 10. The van der Waals surface area contributed by atoms with Crippen LogP contribution < -0.4 is 4.90 Å². The van der Waals surface area contributed by atoms with Crippen LogP contribution >= 0.6 is 11.6 Å². The number of hydrogen-bond donors (Lipinski definition) is 0. The molecule has 9 nitrogen and oxygen atoms in total. The van der Waals surface area contributed by atoms with E-state index >= 15 is 0 Å². The van der Waals surface area contributed by atoms with E-state index in [1.165, 1.54) is 17.3 Å². The normalized spacial score (nSPS) is 18.6. The van der Waals surface area contributed by atoms with Crippen molar-refractivity contribution in [2.75, 3.05) is 58.0 Å². The number of methoxy groups -OCH3 is 1. The fourth-order valence-corrected chi connectivity index (χ4v) is 4.71. The van der Waals surface area contributed by atoms with Gasteiger partial charge in [0.1, 0.15) is 5.57 Å². The van der Waals surface area contributed by atoms with Crippen LogP contribution in [0.3, 0.4) is 0 Å². The number of halogens is 1. The molecule has 0 amide bonds. The Morgan fingerprint density at radius 1 is 1.05 bits per heavy atom. The van der Waals surface area contributed by atoms with Gasteiger partial charge in [-0.25, -0.2) is 14.5 Å². The molecule has 2 aromatic carbocycles. The van der Waals surface area contributed by atoms with Crippen molar-refractivity contribution in [3.05, 3.63) is 70.3 Å². The zero-order chi connectivity index (χ0) is 26.9. The monoisotopic (exact) mass is 542 g/mol. The van der Waals surface area contributed by atoms with Crippen LogP contribution in [0.25, 0.3) is 5.57 Å². The summed E-state index contributed by atoms with van der Waals surface area (Å²) in [6.45, 7) is 4.85. The van der Waals surface area contributed by atoms with Crippen molar-refractivity contribution in [2.45, 2.75) is 19.3 Å². The first-order chi connectivity index (χ1) is 18.5. The molecule has 0 aliphatic carbocycles. The van der Waals surface area contributed by atoms with E-state index in [0.29, 0.717) is 24.7 Å². The van der Waals surface area contributed by atoms with Gasteiger partial charge in [-0.15, -0.1) is 0 Å². The SMILES string of the molecule is COC(=O)/C(C=O)=C(/C(=O)OC1OCCN1CCCc1cccc(N2CCOCC2)c1)c1cccc(Cl)c1. The van der Waals surface area contributed by atoms with Gasteiger partial charge in [0.05, 0.1) is 32.5 Å². The second kappa shape index (κ2) is 13.5. The van der Waals surface area contributed by atoms with Crippen molar-refractivity contribution >= 4 is 41.1 Å². The molecule has 0 radical (unpaired) electrons. The highest BCUT2D eigenvalue weighted by Crippen LogP contribution is 2.26. The number of hydrogen-bond acceptors (Lipinski definition) is 9. The topological polar surface area (TPSA) is 94.6 Å². The minimum atomic E-state index is -0.949. The van der Waals surface area contributed by atoms with E-state index in [2.05, 4.69) is 29.2 Å². The van der Waals surface area contributed by atoms with E-state index in [1.807, 2.05) is 4.90 Å². The van der Waals surface area contributed by atoms with Crippen molar-refractivity contribution in [3.63, 3.8) is 0 Å². The lowest BCUT2D eigenvalue weighted by molar-refractivity contribution is -0.187. The lowest BCUT2D eigenvalue weighted by Crippen LogP contribution is -2.36. The largest absolute Gasteiger partial charge is 0.465 e. The summed E-state index contributed by atoms with van der Waals surface area (Å²) in [6, 6.07) is 14.8. The maximum absolute atomic E-state index is 13.3. The first-order valence-corrected chi connectivity index (χ1v) is 12.9. The Balaban J connectivity index is 1.41. The van der Waals surface area contributed by atoms with Gasteiger partial charge < -0.3 is 23.8 Å². The Bertz CT molecular complexity index is 1180. The quantitative estimate of drug-likeness (QED) is 0.147. The van der Waals surface area contributed by atoms with Gasteiger partial charge in [0, 0.05) is 36.9 Å². The van der Waals surface area contributed by atoms with Crippen molar-refractivity contribution in [3.8, 4) is 0 Å². The maximum atomic E-state index is 13.3. The molecule has 1 unspecified atom stereocenters. The Labute approximate surface area is 226 Å². The molecule has 0 aromatic heterocycles. The van der Waals surface area contributed by atoms with E-state index < -0.39 is 23.9 Å². The molecule has 202 valence electrons. The number of benzene rings is 2. The third kappa shape index (κ3) is 6.99. The summed E-state index contributed by atoms with van der Waals surface area (Å²) in [4.78, 5) is 41.5. The smallest absolute Gasteiger partial charge is 0.343 e. The summed E-state index contributed by atoms with van der Waals surface area (Å²) in [6.07, 6.45) is 1.01. The van der Waals surface area contributed by atoms with Gasteiger partial charge in [0.25, 0.3) is 6.41 Å². The lowest BCUT2D eigenvalue weighted by atomic mass is 10.0. The standard InChI is InChI=1S/C28H31ClN2O7/c1-35-26(33)24(19-32)25(21-7-3-8-22(29)18-21)27(34)38-28-31(13-16-37-28)10-4-6-20-5-2-9-23(17-20)30-11-14-36-15-12-30/h2-3,5,7-9,17-19,28H,4,6,10-16H2,1H3/b25-24+. The number of aldehydes is 1. The molecule has 2 fully saturated rings. The number of esters is 2. The molecule has 2 aliphatic rings. The van der Waals surface area contributed by atoms with Gasteiger partial charge in [0.15, 0.2) is 6.29 Å². The molecule has 1 atom stereocenters. The molecule has 4 rings (SSSR count). The van der Waals surface area contributed by atoms with Crippen molar-refractivity contribution < 1.29 is 33.3 Å². The second-order valence-electron chi connectivity index (χ2n) is 8.90. The number of anilines is 1. The van der Waals surface area contributed by atoms with Crippen molar-refractivity contribution in [2.24, 2.45) is 0 Å². The molecular weight excluding hydrogens is 512 g/mol.